The van der Waals surface area contributed by atoms with Gasteiger partial charge >= 0.3 is 5.69 Å². The van der Waals surface area contributed by atoms with E-state index in [0.717, 1.165) is 18.2 Å². The van der Waals surface area contributed by atoms with Crippen LogP contribution in [0.1, 0.15) is 12.5 Å². The Labute approximate surface area is 226 Å². The Morgan fingerprint density at radius 2 is 1.70 bits per heavy atom. The fourth-order valence-corrected chi connectivity index (χ4v) is 4.42. The zero-order chi connectivity index (χ0) is 27.1. The SMILES string of the molecule is CCOc1ccc(NC(=O)/C(C#N)=C/c2cc(Br)c(Oc3ccc([N+](=O)[O-])cc3[N+](=O)[O-])c(Br)c2)cc1. The van der Waals surface area contributed by atoms with Crippen LogP contribution in [0.5, 0.6) is 17.2 Å². The van der Waals surface area contributed by atoms with Gasteiger partial charge in [-0.05, 0) is 92.9 Å². The molecule has 11 nitrogen and oxygen atoms in total. The Balaban J connectivity index is 1.85. The van der Waals surface area contributed by atoms with Gasteiger partial charge in [0.1, 0.15) is 17.4 Å². The van der Waals surface area contributed by atoms with Gasteiger partial charge in [0.15, 0.2) is 5.75 Å². The maximum Gasteiger partial charge on any atom is 0.318 e. The van der Waals surface area contributed by atoms with Crippen molar-refractivity contribution in [2.45, 2.75) is 6.92 Å². The maximum atomic E-state index is 12.6. The minimum atomic E-state index is -0.788. The van der Waals surface area contributed by atoms with Gasteiger partial charge in [-0.1, -0.05) is 0 Å². The standard InChI is InChI=1S/C24H16Br2N4O7/c1-2-36-18-6-3-16(4-7-18)28-24(31)15(13-27)9-14-10-19(25)23(20(26)11-14)37-22-8-5-17(29(32)33)12-21(22)30(34)35/h3-12H,2H2,1H3,(H,28,31)/b15-9+. The Morgan fingerprint density at radius 1 is 1.05 bits per heavy atom. The number of nitro groups is 2. The number of nitriles is 1. The summed E-state index contributed by atoms with van der Waals surface area (Å²) < 4.78 is 11.7. The highest BCUT2D eigenvalue weighted by Crippen LogP contribution is 2.41. The number of benzene rings is 3. The number of halogens is 2. The molecule has 0 unspecified atom stereocenters. The van der Waals surface area contributed by atoms with E-state index in [1.807, 2.05) is 13.0 Å². The summed E-state index contributed by atoms with van der Waals surface area (Å²) in [5, 5.41) is 34.5. The van der Waals surface area contributed by atoms with Gasteiger partial charge in [0, 0.05) is 11.8 Å². The van der Waals surface area contributed by atoms with E-state index in [0.29, 0.717) is 32.6 Å². The first-order valence-electron chi connectivity index (χ1n) is 10.4. The molecule has 3 aromatic rings. The summed E-state index contributed by atoms with van der Waals surface area (Å²) >= 11 is 6.64. The first kappa shape index (κ1) is 27.3. The first-order valence-corrected chi connectivity index (χ1v) is 12.0. The van der Waals surface area contributed by atoms with Gasteiger partial charge < -0.3 is 14.8 Å². The number of rotatable bonds is 9. The van der Waals surface area contributed by atoms with Gasteiger partial charge in [0.2, 0.25) is 5.75 Å². The lowest BCUT2D eigenvalue weighted by Crippen LogP contribution is -2.13. The molecule has 0 atom stereocenters. The van der Waals surface area contributed by atoms with E-state index in [1.165, 1.54) is 6.08 Å². The summed E-state index contributed by atoms with van der Waals surface area (Å²) in [4.78, 5) is 33.4. The monoisotopic (exact) mass is 630 g/mol. The fraction of sp³-hybridized carbons (Fsp3) is 0.0833. The van der Waals surface area contributed by atoms with Gasteiger partial charge in [0.25, 0.3) is 11.6 Å². The summed E-state index contributed by atoms with van der Waals surface area (Å²) in [5.41, 5.74) is -0.291. The van der Waals surface area contributed by atoms with Crippen LogP contribution in [0, 0.1) is 31.6 Å². The zero-order valence-corrected chi connectivity index (χ0v) is 22.1. The van der Waals surface area contributed by atoms with Gasteiger partial charge in [-0.25, -0.2) is 0 Å². The van der Waals surface area contributed by atoms with Gasteiger partial charge in [-0.15, -0.1) is 0 Å². The summed E-state index contributed by atoms with van der Waals surface area (Å²) in [6.07, 6.45) is 1.36. The van der Waals surface area contributed by atoms with Crippen LogP contribution in [0.2, 0.25) is 0 Å². The van der Waals surface area contributed by atoms with E-state index < -0.39 is 27.1 Å². The molecule has 0 aliphatic rings. The lowest BCUT2D eigenvalue weighted by atomic mass is 10.1. The molecule has 3 rings (SSSR count). The third-order valence-corrected chi connectivity index (χ3v) is 5.86. The van der Waals surface area contributed by atoms with Crippen LogP contribution in [-0.2, 0) is 4.79 Å². The molecule has 0 saturated carbocycles. The van der Waals surface area contributed by atoms with E-state index in [2.05, 4.69) is 37.2 Å². The molecular weight excluding hydrogens is 616 g/mol. The third-order valence-electron chi connectivity index (χ3n) is 4.68. The van der Waals surface area contributed by atoms with Crippen LogP contribution in [0.25, 0.3) is 6.08 Å². The van der Waals surface area contributed by atoms with Crippen molar-refractivity contribution in [3.8, 4) is 23.3 Å². The number of nitrogens with zero attached hydrogens (tertiary/aromatic N) is 3. The van der Waals surface area contributed by atoms with Crippen molar-refractivity contribution in [2.24, 2.45) is 0 Å². The van der Waals surface area contributed by atoms with Crippen molar-refractivity contribution < 1.29 is 24.1 Å². The van der Waals surface area contributed by atoms with Crippen LogP contribution in [0.3, 0.4) is 0 Å². The summed E-state index contributed by atoms with van der Waals surface area (Å²) in [6, 6.07) is 14.6. The highest BCUT2D eigenvalue weighted by Gasteiger charge is 2.23. The van der Waals surface area contributed by atoms with Gasteiger partial charge in [-0.2, -0.15) is 5.26 Å². The second-order valence-corrected chi connectivity index (χ2v) is 8.87. The number of carbonyl (C=O) groups excluding carboxylic acids is 1. The van der Waals surface area contributed by atoms with Crippen molar-refractivity contribution in [3.63, 3.8) is 0 Å². The highest BCUT2D eigenvalue weighted by atomic mass is 79.9. The zero-order valence-electron chi connectivity index (χ0n) is 18.9. The second-order valence-electron chi connectivity index (χ2n) is 7.16. The minimum Gasteiger partial charge on any atom is -0.494 e. The number of ether oxygens (including phenoxy) is 2. The molecule has 188 valence electrons. The molecule has 0 aliphatic carbocycles. The molecule has 13 heteroatoms. The largest absolute Gasteiger partial charge is 0.494 e. The van der Waals surface area contributed by atoms with Gasteiger partial charge in [-0.3, -0.25) is 25.0 Å². The lowest BCUT2D eigenvalue weighted by Gasteiger charge is -2.11. The Morgan fingerprint density at radius 3 is 2.24 bits per heavy atom. The van der Waals surface area contributed by atoms with Crippen molar-refractivity contribution in [1.82, 2.24) is 0 Å². The summed E-state index contributed by atoms with van der Waals surface area (Å²) in [7, 11) is 0. The average Bonchev–Trinajstić information content (AvgIpc) is 2.85. The highest BCUT2D eigenvalue weighted by molar-refractivity contribution is 9.11. The lowest BCUT2D eigenvalue weighted by molar-refractivity contribution is -0.394. The average molecular weight is 632 g/mol. The predicted molar refractivity (Wildman–Crippen MR) is 141 cm³/mol. The van der Waals surface area contributed by atoms with Crippen molar-refractivity contribution in [3.05, 3.63) is 94.9 Å². The molecule has 37 heavy (non-hydrogen) atoms. The molecule has 0 spiro atoms. The molecule has 0 aliphatic heterocycles. The predicted octanol–water partition coefficient (Wildman–Crippen LogP) is 6.76. The molecule has 3 aromatic carbocycles. The molecule has 0 heterocycles. The van der Waals surface area contributed by atoms with Crippen molar-refractivity contribution in [2.75, 3.05) is 11.9 Å². The molecule has 0 saturated heterocycles. The fourth-order valence-electron chi connectivity index (χ4n) is 3.03. The number of nitro benzene ring substituents is 2. The maximum absolute atomic E-state index is 12.6. The van der Waals surface area contributed by atoms with Crippen molar-refractivity contribution in [1.29, 1.82) is 5.26 Å². The number of anilines is 1. The molecular formula is C24H16Br2N4O7. The van der Waals surface area contributed by atoms with Crippen LogP contribution < -0.4 is 14.8 Å². The summed E-state index contributed by atoms with van der Waals surface area (Å²) in [5.74, 6) is -0.0486. The van der Waals surface area contributed by atoms with Crippen LogP contribution in [-0.4, -0.2) is 22.4 Å². The number of amides is 1. The Hall–Kier alpha value is -4.28. The number of nitrogens with one attached hydrogen (secondary N) is 1. The number of non-ortho nitro benzene ring substituents is 1. The minimum absolute atomic E-state index is 0.145. The molecule has 0 radical (unpaired) electrons. The molecule has 1 amide bonds. The van der Waals surface area contributed by atoms with E-state index in [4.69, 9.17) is 9.47 Å². The smallest absolute Gasteiger partial charge is 0.318 e. The van der Waals surface area contributed by atoms with Crippen LogP contribution in [0.4, 0.5) is 17.1 Å². The van der Waals surface area contributed by atoms with E-state index in [1.54, 1.807) is 36.4 Å². The number of hydrogen-bond acceptors (Lipinski definition) is 8. The first-order chi connectivity index (χ1) is 17.6. The molecule has 0 aromatic heterocycles. The van der Waals surface area contributed by atoms with Crippen molar-refractivity contribution >= 4 is 60.9 Å². The molecule has 0 fully saturated rings. The van der Waals surface area contributed by atoms with E-state index >= 15 is 0 Å². The Kier molecular flexibility index (Phi) is 8.94. The summed E-state index contributed by atoms with van der Waals surface area (Å²) in [6.45, 7) is 2.36. The van der Waals surface area contributed by atoms with Crippen LogP contribution >= 0.6 is 31.9 Å². The van der Waals surface area contributed by atoms with E-state index in [-0.39, 0.29) is 17.1 Å². The molecule has 1 N–H and O–H groups in total. The number of hydrogen-bond donors (Lipinski definition) is 1. The molecule has 0 bridgehead atoms. The van der Waals surface area contributed by atoms with Gasteiger partial charge in [0.05, 0.1) is 31.5 Å². The van der Waals surface area contributed by atoms with Crippen LogP contribution in [0.15, 0.2) is 69.1 Å². The normalized spacial score (nSPS) is 10.8. The van der Waals surface area contributed by atoms with E-state index in [9.17, 15) is 30.3 Å². The Bertz CT molecular complexity index is 1430. The number of carbonyl (C=O) groups is 1. The topological polar surface area (TPSA) is 158 Å². The second kappa shape index (κ2) is 12.1. The third kappa shape index (κ3) is 6.90. The quantitative estimate of drug-likeness (QED) is 0.117.